The summed E-state index contributed by atoms with van der Waals surface area (Å²) in [5.74, 6) is 0. The van der Waals surface area contributed by atoms with Crippen LogP contribution in [0.4, 0.5) is 0 Å². The number of furan rings is 1. The standard InChI is InChI=1S/C42H26BNO/c1-6-16-36-29(11-1)33-25-26-34-32-14-5-10-20-40(32)45-42(34)41(33)35-15-2-7-17-37(35)43(36)27-21-23-28(24-22-27)44-38-18-8-3-12-30(38)31-13-4-9-19-39(31)44/h1-26H. The summed E-state index contributed by atoms with van der Waals surface area (Å²) in [6.07, 6.45) is 0. The molecule has 0 unspecified atom stereocenters. The molecule has 10 rings (SSSR count). The van der Waals surface area contributed by atoms with Crippen molar-refractivity contribution in [1.82, 2.24) is 4.57 Å². The lowest BCUT2D eigenvalue weighted by atomic mass is 9.36. The second-order valence-corrected chi connectivity index (χ2v) is 12.0. The third-order valence-electron chi connectivity index (χ3n) is 9.71. The molecule has 0 spiro atoms. The number of rotatable bonds is 2. The Balaban J connectivity index is 1.21. The van der Waals surface area contributed by atoms with Crippen molar-refractivity contribution >= 4 is 66.8 Å². The summed E-state index contributed by atoms with van der Waals surface area (Å²) in [7, 11) is 0. The van der Waals surface area contributed by atoms with Gasteiger partial charge in [-0.05, 0) is 53.1 Å². The van der Waals surface area contributed by atoms with Crippen LogP contribution in [0.3, 0.4) is 0 Å². The fourth-order valence-corrected chi connectivity index (χ4v) is 7.79. The zero-order valence-electron chi connectivity index (χ0n) is 24.4. The van der Waals surface area contributed by atoms with Gasteiger partial charge >= 0.3 is 0 Å². The van der Waals surface area contributed by atoms with E-state index in [1.165, 1.54) is 66.1 Å². The molecule has 9 aromatic rings. The van der Waals surface area contributed by atoms with Crippen LogP contribution >= 0.6 is 0 Å². The van der Waals surface area contributed by atoms with E-state index >= 15 is 0 Å². The minimum absolute atomic E-state index is 0.0661. The lowest BCUT2D eigenvalue weighted by Crippen LogP contribution is -2.52. The van der Waals surface area contributed by atoms with Gasteiger partial charge in [0.1, 0.15) is 11.2 Å². The Kier molecular flexibility index (Phi) is 5.12. The van der Waals surface area contributed by atoms with Crippen LogP contribution in [-0.4, -0.2) is 11.3 Å². The first-order chi connectivity index (χ1) is 22.3. The van der Waals surface area contributed by atoms with Crippen molar-refractivity contribution in [3.8, 4) is 27.9 Å². The minimum Gasteiger partial charge on any atom is -0.455 e. The molecule has 2 aromatic heterocycles. The molecule has 0 aliphatic carbocycles. The summed E-state index contributed by atoms with van der Waals surface area (Å²) in [6, 6.07) is 57.3. The average Bonchev–Trinajstić information content (AvgIpc) is 3.61. The number of fused-ring (bicyclic) bond motifs is 12. The fourth-order valence-electron chi connectivity index (χ4n) is 7.79. The highest BCUT2D eigenvalue weighted by Crippen LogP contribution is 2.42. The summed E-state index contributed by atoms with van der Waals surface area (Å²) in [5, 5.41) is 4.87. The molecule has 0 saturated carbocycles. The lowest BCUT2D eigenvalue weighted by molar-refractivity contribution is 0.670. The smallest absolute Gasteiger partial charge is 0.242 e. The fraction of sp³-hybridized carbons (Fsp3) is 0. The van der Waals surface area contributed by atoms with Crippen LogP contribution < -0.4 is 16.4 Å². The van der Waals surface area contributed by atoms with Gasteiger partial charge in [-0.1, -0.05) is 138 Å². The second kappa shape index (κ2) is 9.35. The lowest BCUT2D eigenvalue weighted by Gasteiger charge is -2.19. The molecule has 0 radical (unpaired) electrons. The Morgan fingerprint density at radius 2 is 1.00 bits per heavy atom. The molecule has 0 fully saturated rings. The highest BCUT2D eigenvalue weighted by atomic mass is 16.3. The molecule has 1 aliphatic rings. The van der Waals surface area contributed by atoms with E-state index in [1.54, 1.807) is 0 Å². The molecule has 2 nitrogen and oxygen atoms in total. The maximum Gasteiger partial charge on any atom is 0.242 e. The van der Waals surface area contributed by atoms with Gasteiger partial charge in [0.05, 0.1) is 11.0 Å². The van der Waals surface area contributed by atoms with Crippen molar-refractivity contribution in [1.29, 1.82) is 0 Å². The van der Waals surface area contributed by atoms with E-state index in [1.807, 2.05) is 6.07 Å². The van der Waals surface area contributed by atoms with Crippen molar-refractivity contribution in [2.75, 3.05) is 0 Å². The van der Waals surface area contributed by atoms with Crippen molar-refractivity contribution in [2.45, 2.75) is 0 Å². The summed E-state index contributed by atoms with van der Waals surface area (Å²) in [4.78, 5) is 0. The monoisotopic (exact) mass is 571 g/mol. The number of benzene rings is 7. The summed E-state index contributed by atoms with van der Waals surface area (Å²) in [5.41, 5.74) is 14.2. The van der Waals surface area contributed by atoms with Crippen molar-refractivity contribution < 1.29 is 4.42 Å². The van der Waals surface area contributed by atoms with E-state index in [-0.39, 0.29) is 6.71 Å². The summed E-state index contributed by atoms with van der Waals surface area (Å²) in [6.45, 7) is 0.0661. The summed E-state index contributed by atoms with van der Waals surface area (Å²) >= 11 is 0. The quantitative estimate of drug-likeness (QED) is 0.190. The van der Waals surface area contributed by atoms with Gasteiger partial charge in [-0.15, -0.1) is 0 Å². The van der Waals surface area contributed by atoms with Gasteiger partial charge in [-0.3, -0.25) is 0 Å². The van der Waals surface area contributed by atoms with Gasteiger partial charge in [0.25, 0.3) is 0 Å². The molecule has 0 bridgehead atoms. The molecule has 0 amide bonds. The minimum atomic E-state index is 0.0661. The molecule has 0 atom stereocenters. The van der Waals surface area contributed by atoms with Crippen molar-refractivity contribution in [3.05, 3.63) is 158 Å². The maximum atomic E-state index is 6.64. The molecule has 45 heavy (non-hydrogen) atoms. The molecule has 208 valence electrons. The van der Waals surface area contributed by atoms with Crippen molar-refractivity contribution in [3.63, 3.8) is 0 Å². The molecule has 0 saturated heterocycles. The van der Waals surface area contributed by atoms with E-state index in [4.69, 9.17) is 4.42 Å². The zero-order chi connectivity index (χ0) is 29.5. The number of nitrogens with zero attached hydrogens (tertiary/aromatic N) is 1. The van der Waals surface area contributed by atoms with Gasteiger partial charge < -0.3 is 8.98 Å². The van der Waals surface area contributed by atoms with Gasteiger partial charge in [0.15, 0.2) is 0 Å². The van der Waals surface area contributed by atoms with Gasteiger partial charge in [-0.25, -0.2) is 0 Å². The van der Waals surface area contributed by atoms with E-state index in [2.05, 4.69) is 156 Å². The SMILES string of the molecule is c1ccc2c(c1)B(c1ccc(-n3c4ccccc4c4ccccc43)cc1)c1ccccc1-c1c-2ccc2c1oc1ccccc12. The maximum absolute atomic E-state index is 6.64. The average molecular weight is 571 g/mol. The third kappa shape index (κ3) is 3.47. The normalized spacial score (nSPS) is 12.4. The van der Waals surface area contributed by atoms with E-state index < -0.39 is 0 Å². The first-order valence-electron chi connectivity index (χ1n) is 15.6. The van der Waals surface area contributed by atoms with E-state index in [0.29, 0.717) is 0 Å². The number of aromatic nitrogens is 1. The van der Waals surface area contributed by atoms with Crippen LogP contribution in [0.25, 0.3) is 71.7 Å². The molecular formula is C42H26BNO. The number of hydrogen-bond acceptors (Lipinski definition) is 1. The van der Waals surface area contributed by atoms with Crippen LogP contribution in [0, 0.1) is 0 Å². The molecule has 3 heteroatoms. The van der Waals surface area contributed by atoms with Crippen LogP contribution in [0.1, 0.15) is 0 Å². The van der Waals surface area contributed by atoms with Gasteiger partial charge in [0, 0.05) is 32.8 Å². The Bertz CT molecular complexity index is 2550. The third-order valence-corrected chi connectivity index (χ3v) is 9.71. The Morgan fingerprint density at radius 3 is 1.73 bits per heavy atom. The first-order valence-corrected chi connectivity index (χ1v) is 15.6. The first kappa shape index (κ1) is 24.6. The second-order valence-electron chi connectivity index (χ2n) is 12.0. The van der Waals surface area contributed by atoms with E-state index in [0.717, 1.165) is 21.9 Å². The van der Waals surface area contributed by atoms with E-state index in [9.17, 15) is 0 Å². The Labute approximate surface area is 260 Å². The van der Waals surface area contributed by atoms with Gasteiger partial charge in [0.2, 0.25) is 6.71 Å². The van der Waals surface area contributed by atoms with Crippen LogP contribution in [0.2, 0.25) is 0 Å². The molecule has 3 heterocycles. The predicted octanol–water partition coefficient (Wildman–Crippen LogP) is 8.85. The number of para-hydroxylation sites is 3. The highest BCUT2D eigenvalue weighted by molar-refractivity contribution is 6.97. The zero-order valence-corrected chi connectivity index (χ0v) is 24.4. The molecule has 0 N–H and O–H groups in total. The van der Waals surface area contributed by atoms with Crippen LogP contribution in [0.15, 0.2) is 162 Å². The Morgan fingerprint density at radius 1 is 0.422 bits per heavy atom. The number of hydrogen-bond donors (Lipinski definition) is 0. The van der Waals surface area contributed by atoms with Gasteiger partial charge in [-0.2, -0.15) is 0 Å². The van der Waals surface area contributed by atoms with Crippen LogP contribution in [-0.2, 0) is 0 Å². The van der Waals surface area contributed by atoms with Crippen LogP contribution in [0.5, 0.6) is 0 Å². The largest absolute Gasteiger partial charge is 0.455 e. The predicted molar refractivity (Wildman–Crippen MR) is 190 cm³/mol. The topological polar surface area (TPSA) is 18.1 Å². The molecule has 1 aliphatic heterocycles. The highest BCUT2D eigenvalue weighted by Gasteiger charge is 2.33. The Hall–Kier alpha value is -5.80. The van der Waals surface area contributed by atoms with Crippen molar-refractivity contribution in [2.24, 2.45) is 0 Å². The molecular weight excluding hydrogens is 545 g/mol. The summed E-state index contributed by atoms with van der Waals surface area (Å²) < 4.78 is 9.03. The molecule has 7 aromatic carbocycles.